The predicted molar refractivity (Wildman–Crippen MR) is 122 cm³/mol. The maximum absolute atomic E-state index is 12.0. The highest BCUT2D eigenvalue weighted by Crippen LogP contribution is 2.27. The molecule has 0 spiro atoms. The van der Waals surface area contributed by atoms with E-state index in [1.807, 2.05) is 12.1 Å². The van der Waals surface area contributed by atoms with E-state index in [4.69, 9.17) is 56.5 Å². The fourth-order valence-electron chi connectivity index (χ4n) is 2.09. The molecule has 0 fully saturated rings. The molecule has 3 aromatic rings. The van der Waals surface area contributed by atoms with Gasteiger partial charge in [0, 0.05) is 5.02 Å². The first-order valence-corrected chi connectivity index (χ1v) is 10.6. The highest BCUT2D eigenvalue weighted by atomic mass is 35.5. The lowest BCUT2D eigenvalue weighted by atomic mass is 10.3. The van der Waals surface area contributed by atoms with Gasteiger partial charge in [0.1, 0.15) is 18.1 Å². The molecular weight excluding hydrogens is 491 g/mol. The van der Waals surface area contributed by atoms with E-state index in [2.05, 4.69) is 20.8 Å². The van der Waals surface area contributed by atoms with Crippen molar-refractivity contribution in [2.45, 2.75) is 6.61 Å². The molecule has 0 unspecified atom stereocenters. The van der Waals surface area contributed by atoms with Crippen molar-refractivity contribution >= 4 is 74.5 Å². The number of carbonyl (C=O) groups is 1. The summed E-state index contributed by atoms with van der Waals surface area (Å²) >= 11 is 24.2. The van der Waals surface area contributed by atoms with E-state index >= 15 is 0 Å². The Morgan fingerprint density at radius 3 is 2.57 bits per heavy atom. The number of halogens is 3. The molecule has 0 atom stereocenters. The number of aromatic nitrogens is 2. The largest absolute Gasteiger partial charge is 0.485 e. The Morgan fingerprint density at radius 2 is 1.80 bits per heavy atom. The highest BCUT2D eigenvalue weighted by molar-refractivity contribution is 7.80. The van der Waals surface area contributed by atoms with Gasteiger partial charge in [-0.1, -0.05) is 58.3 Å². The molecule has 0 aliphatic carbocycles. The molecule has 0 radical (unpaired) electrons. The summed E-state index contributed by atoms with van der Waals surface area (Å²) in [7, 11) is 0. The van der Waals surface area contributed by atoms with Crippen LogP contribution in [0.4, 0.5) is 5.13 Å². The molecule has 7 nitrogen and oxygen atoms in total. The molecule has 1 heterocycles. The van der Waals surface area contributed by atoms with Crippen LogP contribution in [-0.2, 0) is 11.4 Å². The lowest BCUT2D eigenvalue weighted by molar-refractivity contribution is -0.121. The monoisotopic (exact) mass is 502 g/mol. The van der Waals surface area contributed by atoms with Crippen molar-refractivity contribution in [1.29, 1.82) is 0 Å². The minimum atomic E-state index is -0.467. The number of amides is 1. The zero-order valence-corrected chi connectivity index (χ0v) is 18.9. The van der Waals surface area contributed by atoms with Crippen LogP contribution in [0.2, 0.25) is 15.1 Å². The molecule has 0 aliphatic heterocycles. The number of rotatable bonds is 7. The smallest absolute Gasteiger partial charge is 0.264 e. The minimum absolute atomic E-state index is 0.0560. The molecule has 0 saturated heterocycles. The van der Waals surface area contributed by atoms with Gasteiger partial charge in [0.05, 0.1) is 10.0 Å². The van der Waals surface area contributed by atoms with Gasteiger partial charge in [0.15, 0.2) is 16.7 Å². The predicted octanol–water partition coefficient (Wildman–Crippen LogP) is 4.97. The number of hydrogen-bond acceptors (Lipinski definition) is 7. The van der Waals surface area contributed by atoms with Crippen molar-refractivity contribution in [3.63, 3.8) is 0 Å². The van der Waals surface area contributed by atoms with Gasteiger partial charge < -0.3 is 14.8 Å². The van der Waals surface area contributed by atoms with Crippen molar-refractivity contribution < 1.29 is 14.3 Å². The molecule has 0 saturated carbocycles. The summed E-state index contributed by atoms with van der Waals surface area (Å²) in [4.78, 5) is 12.0. The third-order valence-corrected chi connectivity index (χ3v) is 5.24. The maximum Gasteiger partial charge on any atom is 0.264 e. The van der Waals surface area contributed by atoms with Gasteiger partial charge in [-0.15, -0.1) is 10.2 Å². The van der Waals surface area contributed by atoms with E-state index in [1.165, 1.54) is 17.4 Å². The van der Waals surface area contributed by atoms with Crippen molar-refractivity contribution in [1.82, 2.24) is 15.5 Å². The second-order valence-electron chi connectivity index (χ2n) is 5.59. The zero-order chi connectivity index (χ0) is 21.5. The van der Waals surface area contributed by atoms with E-state index in [9.17, 15) is 4.79 Å². The quantitative estimate of drug-likeness (QED) is 0.440. The molecule has 3 rings (SSSR count). The number of carbonyl (C=O) groups excluding carboxylic acids is 1. The van der Waals surface area contributed by atoms with Gasteiger partial charge in [-0.25, -0.2) is 0 Å². The number of nitrogens with one attached hydrogen (secondary N) is 2. The number of ether oxygens (including phenoxy) is 2. The average molecular weight is 504 g/mol. The molecule has 1 aromatic heterocycles. The Hall–Kier alpha value is -2.17. The summed E-state index contributed by atoms with van der Waals surface area (Å²) in [6.07, 6.45) is 0. The van der Waals surface area contributed by atoms with E-state index in [0.29, 0.717) is 36.7 Å². The third kappa shape index (κ3) is 6.68. The fraction of sp³-hybridized carbons (Fsp3) is 0.111. The summed E-state index contributed by atoms with van der Waals surface area (Å²) in [5.74, 6) is 0.417. The number of hydrogen-bond donors (Lipinski definition) is 2. The normalized spacial score (nSPS) is 10.4. The van der Waals surface area contributed by atoms with Crippen LogP contribution in [0.1, 0.15) is 5.01 Å². The Morgan fingerprint density at radius 1 is 1.03 bits per heavy atom. The molecule has 30 heavy (non-hydrogen) atoms. The Kier molecular flexibility index (Phi) is 8.06. The van der Waals surface area contributed by atoms with Crippen LogP contribution in [0.3, 0.4) is 0 Å². The summed E-state index contributed by atoms with van der Waals surface area (Å²) in [5.41, 5.74) is 0. The molecular formula is C18H13Cl3N4O3S2. The number of thiocarbonyl (C=S) groups is 1. The van der Waals surface area contributed by atoms with Crippen LogP contribution >= 0.6 is 58.4 Å². The molecule has 0 bridgehead atoms. The Balaban J connectivity index is 1.44. The second-order valence-corrected chi connectivity index (χ2v) is 8.31. The van der Waals surface area contributed by atoms with Gasteiger partial charge in [0.25, 0.3) is 5.91 Å². The van der Waals surface area contributed by atoms with Crippen molar-refractivity contribution in [3.8, 4) is 11.5 Å². The number of anilines is 1. The van der Waals surface area contributed by atoms with E-state index < -0.39 is 5.91 Å². The van der Waals surface area contributed by atoms with E-state index in [0.717, 1.165) is 0 Å². The van der Waals surface area contributed by atoms with Gasteiger partial charge in [-0.3, -0.25) is 10.1 Å². The first kappa shape index (κ1) is 22.5. The third-order valence-electron chi connectivity index (χ3n) is 3.38. The van der Waals surface area contributed by atoms with Crippen molar-refractivity contribution in [2.24, 2.45) is 0 Å². The molecule has 2 N–H and O–H groups in total. The molecule has 12 heteroatoms. The number of nitrogens with zero attached hydrogens (tertiary/aromatic N) is 2. The SMILES string of the molecule is O=C(COc1ccc(Cl)cc1Cl)NC(=S)Nc1nnc(COc2ccccc2Cl)s1. The summed E-state index contributed by atoms with van der Waals surface area (Å²) in [5, 5.41) is 15.6. The molecule has 1 amide bonds. The maximum atomic E-state index is 12.0. The summed E-state index contributed by atoms with van der Waals surface area (Å²) in [6.45, 7) is -0.0892. The number of benzene rings is 2. The molecule has 2 aromatic carbocycles. The van der Waals surface area contributed by atoms with Gasteiger partial charge in [-0.2, -0.15) is 0 Å². The van der Waals surface area contributed by atoms with E-state index in [1.54, 1.807) is 24.3 Å². The van der Waals surface area contributed by atoms with Crippen LogP contribution in [0.5, 0.6) is 11.5 Å². The molecule has 156 valence electrons. The standard InChI is InChI=1S/C18H13Cl3N4O3S2/c19-10-5-6-14(12(21)7-10)27-8-15(26)22-17(29)23-18-25-24-16(30-18)9-28-13-4-2-1-3-11(13)20/h1-7H,8-9H2,(H2,22,23,25,26,29). The fourth-order valence-corrected chi connectivity index (χ4v) is 3.68. The Bertz CT molecular complexity index is 1060. The second kappa shape index (κ2) is 10.7. The molecule has 0 aliphatic rings. The topological polar surface area (TPSA) is 85.4 Å². The van der Waals surface area contributed by atoms with Gasteiger partial charge >= 0.3 is 0 Å². The average Bonchev–Trinajstić information content (AvgIpc) is 3.13. The summed E-state index contributed by atoms with van der Waals surface area (Å²) in [6, 6.07) is 11.8. The first-order chi connectivity index (χ1) is 14.4. The Labute approximate surface area is 196 Å². The first-order valence-electron chi connectivity index (χ1n) is 8.29. The van der Waals surface area contributed by atoms with Crippen molar-refractivity contribution in [2.75, 3.05) is 11.9 Å². The van der Waals surface area contributed by atoms with E-state index in [-0.39, 0.29) is 18.3 Å². The summed E-state index contributed by atoms with van der Waals surface area (Å²) < 4.78 is 11.0. The van der Waals surface area contributed by atoms with Crippen LogP contribution in [0.25, 0.3) is 0 Å². The van der Waals surface area contributed by atoms with Crippen LogP contribution in [0, 0.1) is 0 Å². The minimum Gasteiger partial charge on any atom is -0.485 e. The van der Waals surface area contributed by atoms with Crippen LogP contribution in [-0.4, -0.2) is 27.8 Å². The lowest BCUT2D eigenvalue weighted by Gasteiger charge is -2.09. The zero-order valence-electron chi connectivity index (χ0n) is 15.0. The number of para-hydroxylation sites is 1. The lowest BCUT2D eigenvalue weighted by Crippen LogP contribution is -2.37. The van der Waals surface area contributed by atoms with Gasteiger partial charge in [0.2, 0.25) is 5.13 Å². The highest BCUT2D eigenvalue weighted by Gasteiger charge is 2.11. The van der Waals surface area contributed by atoms with Gasteiger partial charge in [-0.05, 0) is 42.5 Å². The van der Waals surface area contributed by atoms with Crippen molar-refractivity contribution in [3.05, 3.63) is 62.5 Å². The van der Waals surface area contributed by atoms with Crippen LogP contribution < -0.4 is 20.1 Å². The van der Waals surface area contributed by atoms with Crippen LogP contribution in [0.15, 0.2) is 42.5 Å².